The Kier molecular flexibility index (Phi) is 9.51. The van der Waals surface area contributed by atoms with Gasteiger partial charge in [-0.3, -0.25) is 0 Å². The lowest BCUT2D eigenvalue weighted by Gasteiger charge is -2.58. The Morgan fingerprint density at radius 1 is 1.05 bits per heavy atom. The van der Waals surface area contributed by atoms with E-state index in [4.69, 9.17) is 15.2 Å². The van der Waals surface area contributed by atoms with E-state index in [0.29, 0.717) is 23.2 Å². The smallest absolute Gasteiger partial charge is 0.176 e. The predicted molar refractivity (Wildman–Crippen MR) is 163 cm³/mol. The van der Waals surface area contributed by atoms with E-state index in [0.717, 1.165) is 42.9 Å². The molecule has 0 radical (unpaired) electrons. The number of allylic oxidation sites excluding steroid dienone is 3. The van der Waals surface area contributed by atoms with Crippen molar-refractivity contribution in [3.63, 3.8) is 0 Å². The molecule has 0 aromatic carbocycles. The van der Waals surface area contributed by atoms with Crippen molar-refractivity contribution in [3.05, 3.63) is 23.8 Å². The summed E-state index contributed by atoms with van der Waals surface area (Å²) in [5.41, 5.74) is 8.37. The third-order valence-electron chi connectivity index (χ3n) is 13.0. The van der Waals surface area contributed by atoms with Crippen LogP contribution in [0.5, 0.6) is 0 Å². The number of hydrogen-bond donors (Lipinski definition) is 4. The van der Waals surface area contributed by atoms with E-state index >= 15 is 0 Å². The lowest BCUT2D eigenvalue weighted by atomic mass is 9.47. The van der Waals surface area contributed by atoms with Gasteiger partial charge in [-0.25, -0.2) is 0 Å². The molecule has 234 valence electrons. The van der Waals surface area contributed by atoms with Gasteiger partial charge in [-0.05, 0) is 110 Å². The van der Waals surface area contributed by atoms with Crippen molar-refractivity contribution in [1.29, 1.82) is 0 Å². The van der Waals surface area contributed by atoms with Crippen LogP contribution in [0.15, 0.2) is 23.8 Å². The molecule has 0 bridgehead atoms. The summed E-state index contributed by atoms with van der Waals surface area (Å²) >= 11 is 0. The molecule has 5 N–H and O–H groups in total. The molecule has 0 amide bonds. The summed E-state index contributed by atoms with van der Waals surface area (Å²) in [6.45, 7) is 14.3. The Balaban J connectivity index is 1.26. The van der Waals surface area contributed by atoms with Gasteiger partial charge in [0.05, 0.1) is 18.8 Å². The summed E-state index contributed by atoms with van der Waals surface area (Å²) in [5, 5.41) is 30.1. The average molecular weight is 574 g/mol. The van der Waals surface area contributed by atoms with Crippen molar-refractivity contribution < 1.29 is 24.8 Å². The van der Waals surface area contributed by atoms with Gasteiger partial charge < -0.3 is 30.5 Å². The van der Waals surface area contributed by atoms with Crippen LogP contribution in [-0.4, -0.2) is 58.7 Å². The topological polar surface area (TPSA) is 105 Å². The number of rotatable bonds is 8. The van der Waals surface area contributed by atoms with Gasteiger partial charge in [0.15, 0.2) is 6.29 Å². The van der Waals surface area contributed by atoms with E-state index in [1.54, 1.807) is 0 Å². The van der Waals surface area contributed by atoms with Gasteiger partial charge in [-0.15, -0.1) is 0 Å². The number of ether oxygens (including phenoxy) is 2. The first-order chi connectivity index (χ1) is 19.4. The molecule has 5 rings (SSSR count). The Hall–Kier alpha value is -0.760. The Labute approximate surface area is 249 Å². The molecule has 1 saturated heterocycles. The molecule has 5 unspecified atom stereocenters. The number of nitrogens with two attached hydrogens (primary N) is 1. The van der Waals surface area contributed by atoms with Gasteiger partial charge in [0.25, 0.3) is 0 Å². The van der Waals surface area contributed by atoms with Gasteiger partial charge >= 0.3 is 0 Å². The van der Waals surface area contributed by atoms with E-state index in [1.165, 1.54) is 44.1 Å². The molecule has 4 aliphatic carbocycles. The van der Waals surface area contributed by atoms with Crippen LogP contribution >= 0.6 is 0 Å². The first-order valence-corrected chi connectivity index (χ1v) is 16.9. The molecule has 3 saturated carbocycles. The van der Waals surface area contributed by atoms with E-state index in [-0.39, 0.29) is 18.1 Å². The summed E-state index contributed by atoms with van der Waals surface area (Å²) in [7, 11) is 0. The molecular weight excluding hydrogens is 514 g/mol. The first-order valence-electron chi connectivity index (χ1n) is 16.9. The summed E-state index contributed by atoms with van der Waals surface area (Å²) in [5.74, 6) is 5.15. The largest absolute Gasteiger partial charge is 0.394 e. The quantitative estimate of drug-likeness (QED) is 0.282. The van der Waals surface area contributed by atoms with Crippen LogP contribution in [0.25, 0.3) is 0 Å². The van der Waals surface area contributed by atoms with Crippen molar-refractivity contribution in [2.75, 3.05) is 6.61 Å². The molecule has 14 atom stereocenters. The van der Waals surface area contributed by atoms with Crippen molar-refractivity contribution in [2.24, 2.45) is 58.0 Å². The van der Waals surface area contributed by atoms with Gasteiger partial charge in [0.1, 0.15) is 18.3 Å². The minimum Gasteiger partial charge on any atom is -0.394 e. The van der Waals surface area contributed by atoms with Crippen LogP contribution in [0.3, 0.4) is 0 Å². The summed E-state index contributed by atoms with van der Waals surface area (Å²) in [4.78, 5) is 0. The molecule has 6 heteroatoms. The molecule has 6 nitrogen and oxygen atoms in total. The van der Waals surface area contributed by atoms with Gasteiger partial charge in [-0.1, -0.05) is 65.3 Å². The standard InChI is InChI=1S/C35H59NO5/c1-7-22(20(2)3)9-8-21(4)26-12-13-27-25-11-10-23-18-24(14-16-34(23,5)28(25)15-17-35(26,27)6)40-33-30(36)32(39)31(38)29(19-37)41-33/h8-10,20-22,24-33,37-39H,7,11-19,36H2,1-6H3/b9-8+/t21-,22-,24+,25?,26-,27?,28?,29-,30-,31-,32?,33?,34+,35-/m1/s1. The fraction of sp³-hybridized carbons (Fsp3) is 0.886. The molecule has 0 aromatic rings. The van der Waals surface area contributed by atoms with Crippen LogP contribution < -0.4 is 5.73 Å². The van der Waals surface area contributed by atoms with Gasteiger partial charge in [0, 0.05) is 0 Å². The summed E-state index contributed by atoms with van der Waals surface area (Å²) in [6, 6.07) is -0.840. The second-order valence-electron chi connectivity index (χ2n) is 15.3. The maximum absolute atomic E-state index is 10.4. The highest BCUT2D eigenvalue weighted by atomic mass is 16.7. The van der Waals surface area contributed by atoms with Crippen LogP contribution in [0.1, 0.15) is 99.3 Å². The van der Waals surface area contributed by atoms with Gasteiger partial charge in [-0.2, -0.15) is 0 Å². The fourth-order valence-electron chi connectivity index (χ4n) is 10.3. The van der Waals surface area contributed by atoms with E-state index in [1.807, 2.05) is 0 Å². The normalized spacial score (nSPS) is 47.9. The molecule has 5 aliphatic rings. The molecule has 1 aliphatic heterocycles. The second-order valence-corrected chi connectivity index (χ2v) is 15.3. The van der Waals surface area contributed by atoms with Crippen LogP contribution in [0.2, 0.25) is 0 Å². The molecule has 4 fully saturated rings. The fourth-order valence-corrected chi connectivity index (χ4v) is 10.3. The summed E-state index contributed by atoms with van der Waals surface area (Å²) in [6.07, 6.45) is 14.3. The SMILES string of the molecule is CC[C@H](/C=C/[C@@H](C)[C@H]1CCC2C3CC=C4C[C@@H](OC5O[C@H](CO)[C@@H](O)C(O)[C@H]5N)CC[C@]4(C)C3CC[C@@]21C)C(C)C. The maximum atomic E-state index is 10.4. The van der Waals surface area contributed by atoms with Crippen molar-refractivity contribution in [1.82, 2.24) is 0 Å². The monoisotopic (exact) mass is 573 g/mol. The van der Waals surface area contributed by atoms with E-state index in [2.05, 4.69) is 59.8 Å². The maximum Gasteiger partial charge on any atom is 0.176 e. The van der Waals surface area contributed by atoms with Crippen LogP contribution in [-0.2, 0) is 9.47 Å². The van der Waals surface area contributed by atoms with E-state index in [9.17, 15) is 15.3 Å². The molecule has 1 heterocycles. The Morgan fingerprint density at radius 3 is 2.49 bits per heavy atom. The molecular formula is C35H59NO5. The Bertz CT molecular complexity index is 964. The number of hydrogen-bond acceptors (Lipinski definition) is 6. The predicted octanol–water partition coefficient (Wildman–Crippen LogP) is 5.59. The van der Waals surface area contributed by atoms with Crippen molar-refractivity contribution >= 4 is 0 Å². The third kappa shape index (κ3) is 5.64. The minimum absolute atomic E-state index is 0.0288. The number of fused-ring (bicyclic) bond motifs is 5. The second kappa shape index (κ2) is 12.3. The number of aliphatic hydroxyl groups is 3. The Morgan fingerprint density at radius 2 is 1.80 bits per heavy atom. The number of aliphatic hydroxyl groups excluding tert-OH is 3. The highest BCUT2D eigenvalue weighted by molar-refractivity contribution is 5.25. The van der Waals surface area contributed by atoms with Crippen LogP contribution in [0.4, 0.5) is 0 Å². The molecule has 0 aromatic heterocycles. The lowest BCUT2D eigenvalue weighted by molar-refractivity contribution is -0.280. The summed E-state index contributed by atoms with van der Waals surface area (Å²) < 4.78 is 12.1. The zero-order valence-corrected chi connectivity index (χ0v) is 26.5. The zero-order valence-electron chi connectivity index (χ0n) is 26.5. The lowest BCUT2D eigenvalue weighted by Crippen LogP contribution is -2.63. The highest BCUT2D eigenvalue weighted by Crippen LogP contribution is 2.67. The molecule has 0 spiro atoms. The minimum atomic E-state index is -1.21. The zero-order chi connectivity index (χ0) is 29.7. The van der Waals surface area contributed by atoms with E-state index < -0.39 is 30.6 Å². The van der Waals surface area contributed by atoms with Crippen molar-refractivity contribution in [2.45, 2.75) is 136 Å². The molecule has 41 heavy (non-hydrogen) atoms. The third-order valence-corrected chi connectivity index (χ3v) is 13.0. The van der Waals surface area contributed by atoms with Crippen molar-refractivity contribution in [3.8, 4) is 0 Å². The van der Waals surface area contributed by atoms with Gasteiger partial charge in [0.2, 0.25) is 0 Å². The van der Waals surface area contributed by atoms with Crippen LogP contribution in [0, 0.1) is 52.3 Å². The average Bonchev–Trinajstić information content (AvgIpc) is 3.30. The highest BCUT2D eigenvalue weighted by Gasteiger charge is 2.59. The first kappa shape index (κ1) is 31.7.